The third-order valence-electron chi connectivity index (χ3n) is 5.68. The molecule has 0 aliphatic carbocycles. The van der Waals surface area contributed by atoms with E-state index in [1.54, 1.807) is 20.3 Å². The first-order valence-electron chi connectivity index (χ1n) is 10.5. The molecule has 0 fully saturated rings. The Morgan fingerprint density at radius 2 is 1.94 bits per heavy atom. The minimum atomic E-state index is -0.144. The maximum absolute atomic E-state index is 12.6. The van der Waals surface area contributed by atoms with Crippen molar-refractivity contribution in [3.63, 3.8) is 0 Å². The normalized spacial score (nSPS) is 14.0. The van der Waals surface area contributed by atoms with Gasteiger partial charge in [-0.2, -0.15) is 0 Å². The van der Waals surface area contributed by atoms with E-state index in [2.05, 4.69) is 26.4 Å². The molecule has 4 rings (SSSR count). The van der Waals surface area contributed by atoms with Gasteiger partial charge < -0.3 is 19.3 Å². The second-order valence-electron chi connectivity index (χ2n) is 8.06. The van der Waals surface area contributed by atoms with Crippen LogP contribution in [0.15, 0.2) is 28.9 Å². The summed E-state index contributed by atoms with van der Waals surface area (Å²) in [6.45, 7) is 7.14. The minimum absolute atomic E-state index is 0.144. The maximum atomic E-state index is 12.6. The smallest absolute Gasteiger partial charge is 0.257 e. The second-order valence-corrected chi connectivity index (χ2v) is 8.06. The first kappa shape index (κ1) is 21.1. The van der Waals surface area contributed by atoms with Crippen LogP contribution in [0.1, 0.15) is 46.9 Å². The predicted octanol–water partition coefficient (Wildman–Crippen LogP) is 3.15. The van der Waals surface area contributed by atoms with E-state index in [0.717, 1.165) is 48.6 Å². The second kappa shape index (κ2) is 8.93. The van der Waals surface area contributed by atoms with Crippen molar-refractivity contribution >= 4 is 17.0 Å². The highest BCUT2D eigenvalue weighted by Crippen LogP contribution is 2.33. The molecule has 1 aliphatic rings. The Hall–Kier alpha value is -3.13. The number of rotatable bonds is 7. The van der Waals surface area contributed by atoms with Gasteiger partial charge >= 0.3 is 0 Å². The lowest BCUT2D eigenvalue weighted by Gasteiger charge is -2.29. The molecule has 1 aliphatic heterocycles. The van der Waals surface area contributed by atoms with Crippen LogP contribution in [0.5, 0.6) is 11.5 Å². The molecule has 1 aromatic carbocycles. The average molecular weight is 425 g/mol. The minimum Gasteiger partial charge on any atom is -0.493 e. The number of nitrogens with zero attached hydrogens (tertiary/aromatic N) is 3. The lowest BCUT2D eigenvalue weighted by Crippen LogP contribution is -2.37. The van der Waals surface area contributed by atoms with Crippen LogP contribution in [-0.2, 0) is 13.0 Å². The van der Waals surface area contributed by atoms with E-state index in [4.69, 9.17) is 14.0 Å². The largest absolute Gasteiger partial charge is 0.493 e. The Morgan fingerprint density at radius 3 is 2.65 bits per heavy atom. The van der Waals surface area contributed by atoms with Gasteiger partial charge in [0.2, 0.25) is 0 Å². The summed E-state index contributed by atoms with van der Waals surface area (Å²) in [6.07, 6.45) is 2.47. The maximum Gasteiger partial charge on any atom is 0.257 e. The summed E-state index contributed by atoms with van der Waals surface area (Å²) < 4.78 is 16.1. The highest BCUT2D eigenvalue weighted by molar-refractivity contribution is 5.97. The van der Waals surface area contributed by atoms with E-state index in [0.29, 0.717) is 17.8 Å². The van der Waals surface area contributed by atoms with Crippen LogP contribution in [0.25, 0.3) is 11.1 Å². The van der Waals surface area contributed by atoms with Crippen LogP contribution in [0, 0.1) is 0 Å². The summed E-state index contributed by atoms with van der Waals surface area (Å²) in [7, 11) is 3.30. The van der Waals surface area contributed by atoms with Gasteiger partial charge in [-0.05, 0) is 41.7 Å². The van der Waals surface area contributed by atoms with Gasteiger partial charge in [-0.15, -0.1) is 0 Å². The van der Waals surface area contributed by atoms with Crippen molar-refractivity contribution in [1.29, 1.82) is 0 Å². The standard InChI is InChI=1S/C23H28N4O4/c1-14(2)21-18-9-16(12-25-23(18)31-26-21)22(28)24-6-8-27-7-5-15-10-19(29-3)20(30-4)11-17(15)13-27/h9-12,14H,5-8,13H2,1-4H3,(H,24,28). The predicted molar refractivity (Wildman–Crippen MR) is 117 cm³/mol. The van der Waals surface area contributed by atoms with Gasteiger partial charge in [0.25, 0.3) is 11.6 Å². The van der Waals surface area contributed by atoms with E-state index in [-0.39, 0.29) is 11.8 Å². The van der Waals surface area contributed by atoms with E-state index in [9.17, 15) is 4.79 Å². The first-order valence-corrected chi connectivity index (χ1v) is 10.5. The van der Waals surface area contributed by atoms with Gasteiger partial charge in [-0.25, -0.2) is 4.98 Å². The summed E-state index contributed by atoms with van der Waals surface area (Å²) in [4.78, 5) is 19.2. The topological polar surface area (TPSA) is 89.7 Å². The summed E-state index contributed by atoms with van der Waals surface area (Å²) in [5.41, 5.74) is 4.31. The molecule has 1 N–H and O–H groups in total. The summed E-state index contributed by atoms with van der Waals surface area (Å²) in [6, 6.07) is 5.91. The van der Waals surface area contributed by atoms with Gasteiger partial charge in [0.05, 0.1) is 30.9 Å². The van der Waals surface area contributed by atoms with E-state index >= 15 is 0 Å². The zero-order chi connectivity index (χ0) is 22.0. The molecule has 8 nitrogen and oxygen atoms in total. The van der Waals surface area contributed by atoms with E-state index in [1.165, 1.54) is 17.3 Å². The number of methoxy groups -OCH3 is 2. The van der Waals surface area contributed by atoms with E-state index in [1.807, 2.05) is 19.9 Å². The van der Waals surface area contributed by atoms with Gasteiger partial charge in [0.1, 0.15) is 0 Å². The Morgan fingerprint density at radius 1 is 1.19 bits per heavy atom. The fourth-order valence-corrected chi connectivity index (χ4v) is 3.95. The van der Waals surface area contributed by atoms with Crippen molar-refractivity contribution in [3.8, 4) is 11.5 Å². The molecule has 0 bridgehead atoms. The SMILES string of the molecule is COc1cc2c(cc1OC)CN(CCNC(=O)c1cnc3onc(C(C)C)c3c1)CC2. The zero-order valence-electron chi connectivity index (χ0n) is 18.4. The number of carbonyl (C=O) groups excluding carboxylic acids is 1. The van der Waals surface area contributed by atoms with Crippen LogP contribution >= 0.6 is 0 Å². The number of aromatic nitrogens is 2. The van der Waals surface area contributed by atoms with Crippen molar-refractivity contribution in [2.24, 2.45) is 0 Å². The molecular formula is C23H28N4O4. The Balaban J connectivity index is 1.36. The van der Waals surface area contributed by atoms with Crippen molar-refractivity contribution in [2.45, 2.75) is 32.7 Å². The number of fused-ring (bicyclic) bond motifs is 2. The number of benzene rings is 1. The molecule has 3 aromatic rings. The number of nitrogens with one attached hydrogen (secondary N) is 1. The molecule has 0 radical (unpaired) electrons. The lowest BCUT2D eigenvalue weighted by atomic mass is 9.99. The third kappa shape index (κ3) is 4.34. The Labute approximate surface area is 181 Å². The highest BCUT2D eigenvalue weighted by Gasteiger charge is 2.20. The molecule has 164 valence electrons. The number of ether oxygens (including phenoxy) is 2. The molecular weight excluding hydrogens is 396 g/mol. The number of hydrogen-bond acceptors (Lipinski definition) is 7. The monoisotopic (exact) mass is 424 g/mol. The molecule has 0 atom stereocenters. The van der Waals surface area contributed by atoms with Crippen LogP contribution in [0.4, 0.5) is 0 Å². The van der Waals surface area contributed by atoms with Crippen molar-refractivity contribution in [3.05, 3.63) is 46.8 Å². The number of pyridine rings is 1. The fraction of sp³-hybridized carbons (Fsp3) is 0.435. The van der Waals surface area contributed by atoms with Crippen molar-refractivity contribution in [1.82, 2.24) is 20.4 Å². The van der Waals surface area contributed by atoms with Crippen LogP contribution < -0.4 is 14.8 Å². The molecule has 3 heterocycles. The van der Waals surface area contributed by atoms with Crippen LogP contribution in [-0.4, -0.2) is 54.8 Å². The lowest BCUT2D eigenvalue weighted by molar-refractivity contribution is 0.0947. The first-order chi connectivity index (χ1) is 15.0. The van der Waals surface area contributed by atoms with Gasteiger partial charge in [-0.1, -0.05) is 19.0 Å². The molecule has 0 saturated heterocycles. The molecule has 0 unspecified atom stereocenters. The van der Waals surface area contributed by atoms with Crippen molar-refractivity contribution < 1.29 is 18.8 Å². The molecule has 31 heavy (non-hydrogen) atoms. The summed E-state index contributed by atoms with van der Waals surface area (Å²) in [5.74, 6) is 1.56. The van der Waals surface area contributed by atoms with Gasteiger partial charge in [-0.3, -0.25) is 9.69 Å². The quantitative estimate of drug-likeness (QED) is 0.623. The third-order valence-corrected chi connectivity index (χ3v) is 5.68. The van der Waals surface area contributed by atoms with Crippen molar-refractivity contribution in [2.75, 3.05) is 33.9 Å². The number of carbonyl (C=O) groups is 1. The fourth-order valence-electron chi connectivity index (χ4n) is 3.95. The Kier molecular flexibility index (Phi) is 6.08. The number of amides is 1. The molecule has 8 heteroatoms. The van der Waals surface area contributed by atoms with Gasteiger partial charge in [0.15, 0.2) is 11.5 Å². The summed E-state index contributed by atoms with van der Waals surface area (Å²) >= 11 is 0. The zero-order valence-corrected chi connectivity index (χ0v) is 18.4. The van der Waals surface area contributed by atoms with Crippen LogP contribution in [0.2, 0.25) is 0 Å². The molecule has 0 saturated carbocycles. The number of hydrogen-bond donors (Lipinski definition) is 1. The molecule has 1 amide bonds. The molecule has 0 spiro atoms. The van der Waals surface area contributed by atoms with Gasteiger partial charge in [0, 0.05) is 32.4 Å². The summed E-state index contributed by atoms with van der Waals surface area (Å²) in [5, 5.41) is 7.86. The highest BCUT2D eigenvalue weighted by atomic mass is 16.5. The Bertz CT molecular complexity index is 1090. The average Bonchev–Trinajstić information content (AvgIpc) is 3.21. The van der Waals surface area contributed by atoms with Crippen LogP contribution in [0.3, 0.4) is 0 Å². The molecule has 2 aromatic heterocycles. The van der Waals surface area contributed by atoms with E-state index < -0.39 is 0 Å².